The van der Waals surface area contributed by atoms with Gasteiger partial charge in [-0.1, -0.05) is 6.92 Å². The Labute approximate surface area is 125 Å². The Morgan fingerprint density at radius 2 is 1.95 bits per heavy atom. The minimum absolute atomic E-state index is 0.0130. The summed E-state index contributed by atoms with van der Waals surface area (Å²) >= 11 is 0. The summed E-state index contributed by atoms with van der Waals surface area (Å²) in [7, 11) is 1.48. The largest absolute Gasteiger partial charge is 0.504 e. The van der Waals surface area contributed by atoms with Gasteiger partial charge in [0.1, 0.15) is 0 Å². The van der Waals surface area contributed by atoms with Crippen molar-refractivity contribution in [3.8, 4) is 11.5 Å². The van der Waals surface area contributed by atoms with Gasteiger partial charge in [-0.3, -0.25) is 4.79 Å². The summed E-state index contributed by atoms with van der Waals surface area (Å²) in [6.45, 7) is 3.11. The van der Waals surface area contributed by atoms with E-state index >= 15 is 0 Å². The molecular weight excluding hydrogens is 268 g/mol. The Bertz CT molecular complexity index is 482. The van der Waals surface area contributed by atoms with Gasteiger partial charge in [-0.15, -0.1) is 0 Å². The molecule has 0 aromatic heterocycles. The summed E-state index contributed by atoms with van der Waals surface area (Å²) in [4.78, 5) is 12.2. The highest BCUT2D eigenvalue weighted by atomic mass is 16.5. The first-order chi connectivity index (χ1) is 10.1. The molecule has 5 nitrogen and oxygen atoms in total. The van der Waals surface area contributed by atoms with Crippen LogP contribution in [0.1, 0.15) is 43.0 Å². The standard InChI is InChI=1S/C16H24N2O3/c1-3-17-12-5-7-13(8-6-12)18-16(20)11-4-9-15(21-2)14(19)10-11/h4,9-10,12-13,17,19H,3,5-8H2,1-2H3,(H,18,20). The van der Waals surface area contributed by atoms with Gasteiger partial charge in [0, 0.05) is 17.6 Å². The Morgan fingerprint density at radius 1 is 1.29 bits per heavy atom. The van der Waals surface area contributed by atoms with Crippen LogP contribution in [-0.4, -0.2) is 36.8 Å². The fourth-order valence-electron chi connectivity index (χ4n) is 2.83. The molecule has 0 aliphatic heterocycles. The lowest BCUT2D eigenvalue weighted by molar-refractivity contribution is 0.0924. The van der Waals surface area contributed by atoms with Gasteiger partial charge in [0.2, 0.25) is 0 Å². The van der Waals surface area contributed by atoms with Crippen molar-refractivity contribution in [2.24, 2.45) is 0 Å². The van der Waals surface area contributed by atoms with E-state index in [1.54, 1.807) is 12.1 Å². The van der Waals surface area contributed by atoms with Crippen molar-refractivity contribution in [3.63, 3.8) is 0 Å². The fourth-order valence-corrected chi connectivity index (χ4v) is 2.83. The van der Waals surface area contributed by atoms with Crippen LogP contribution in [0.2, 0.25) is 0 Å². The zero-order chi connectivity index (χ0) is 15.2. The summed E-state index contributed by atoms with van der Waals surface area (Å²) in [5, 5.41) is 16.2. The fraction of sp³-hybridized carbons (Fsp3) is 0.562. The van der Waals surface area contributed by atoms with Crippen LogP contribution >= 0.6 is 0 Å². The normalized spacial score (nSPS) is 21.8. The first-order valence-electron chi connectivity index (χ1n) is 7.55. The highest BCUT2D eigenvalue weighted by molar-refractivity contribution is 5.95. The highest BCUT2D eigenvalue weighted by Gasteiger charge is 2.22. The zero-order valence-electron chi connectivity index (χ0n) is 12.7. The number of nitrogens with one attached hydrogen (secondary N) is 2. The Morgan fingerprint density at radius 3 is 2.52 bits per heavy atom. The van der Waals surface area contributed by atoms with E-state index in [0.717, 1.165) is 32.2 Å². The SMILES string of the molecule is CCNC1CCC(NC(=O)c2ccc(OC)c(O)c2)CC1. The number of amides is 1. The minimum Gasteiger partial charge on any atom is -0.504 e. The zero-order valence-corrected chi connectivity index (χ0v) is 12.7. The Kier molecular flexibility index (Phi) is 5.44. The Hall–Kier alpha value is -1.75. The average molecular weight is 292 g/mol. The number of hydrogen-bond acceptors (Lipinski definition) is 4. The number of carbonyl (C=O) groups is 1. The maximum atomic E-state index is 12.2. The number of carbonyl (C=O) groups excluding carboxylic acids is 1. The average Bonchev–Trinajstić information content (AvgIpc) is 2.49. The molecule has 0 radical (unpaired) electrons. The van der Waals surface area contributed by atoms with Crippen LogP contribution in [0.3, 0.4) is 0 Å². The van der Waals surface area contributed by atoms with E-state index < -0.39 is 0 Å². The summed E-state index contributed by atoms with van der Waals surface area (Å²) in [6.07, 6.45) is 4.16. The van der Waals surface area contributed by atoms with Crippen LogP contribution < -0.4 is 15.4 Å². The molecule has 5 heteroatoms. The summed E-state index contributed by atoms with van der Waals surface area (Å²) in [5.74, 6) is 0.221. The number of aromatic hydroxyl groups is 1. The minimum atomic E-state index is -0.139. The third-order valence-electron chi connectivity index (χ3n) is 4.00. The second kappa shape index (κ2) is 7.31. The maximum absolute atomic E-state index is 12.2. The van der Waals surface area contributed by atoms with Gasteiger partial charge in [-0.2, -0.15) is 0 Å². The molecule has 0 heterocycles. The molecule has 0 unspecified atom stereocenters. The molecule has 0 bridgehead atoms. The number of phenols is 1. The molecule has 116 valence electrons. The molecule has 21 heavy (non-hydrogen) atoms. The maximum Gasteiger partial charge on any atom is 0.251 e. The van der Waals surface area contributed by atoms with Crippen molar-refractivity contribution in [1.82, 2.24) is 10.6 Å². The van der Waals surface area contributed by atoms with E-state index in [0.29, 0.717) is 17.4 Å². The van der Waals surface area contributed by atoms with E-state index in [-0.39, 0.29) is 17.7 Å². The summed E-state index contributed by atoms with van der Waals surface area (Å²) in [6, 6.07) is 5.51. The molecule has 0 saturated heterocycles. The summed E-state index contributed by atoms with van der Waals surface area (Å²) in [5.41, 5.74) is 0.460. The van der Waals surface area contributed by atoms with E-state index in [2.05, 4.69) is 17.6 Å². The molecule has 1 aromatic carbocycles. The predicted octanol–water partition coefficient (Wildman–Crippen LogP) is 2.05. The van der Waals surface area contributed by atoms with Gasteiger partial charge in [0.15, 0.2) is 11.5 Å². The molecule has 1 aromatic rings. The van der Waals surface area contributed by atoms with Gasteiger partial charge in [0.05, 0.1) is 7.11 Å². The second-order valence-corrected chi connectivity index (χ2v) is 5.47. The number of rotatable bonds is 5. The van der Waals surface area contributed by atoms with Crippen molar-refractivity contribution in [2.75, 3.05) is 13.7 Å². The third-order valence-corrected chi connectivity index (χ3v) is 4.00. The van der Waals surface area contributed by atoms with Crippen molar-refractivity contribution < 1.29 is 14.6 Å². The van der Waals surface area contributed by atoms with Crippen molar-refractivity contribution in [3.05, 3.63) is 23.8 Å². The summed E-state index contributed by atoms with van der Waals surface area (Å²) < 4.78 is 4.98. The lowest BCUT2D eigenvalue weighted by Gasteiger charge is -2.29. The molecule has 2 rings (SSSR count). The molecule has 0 spiro atoms. The van der Waals surface area contributed by atoms with Gasteiger partial charge >= 0.3 is 0 Å². The first kappa shape index (κ1) is 15.6. The molecular formula is C16H24N2O3. The number of hydrogen-bond donors (Lipinski definition) is 3. The van der Waals surface area contributed by atoms with Crippen LogP contribution in [0.25, 0.3) is 0 Å². The lowest BCUT2D eigenvalue weighted by Crippen LogP contribution is -2.42. The van der Waals surface area contributed by atoms with E-state index in [9.17, 15) is 9.90 Å². The monoisotopic (exact) mass is 292 g/mol. The van der Waals surface area contributed by atoms with Gasteiger partial charge in [-0.25, -0.2) is 0 Å². The van der Waals surface area contributed by atoms with Crippen LogP contribution in [0.4, 0.5) is 0 Å². The molecule has 1 saturated carbocycles. The van der Waals surface area contributed by atoms with E-state index in [1.807, 2.05) is 0 Å². The van der Waals surface area contributed by atoms with Crippen LogP contribution in [0.15, 0.2) is 18.2 Å². The molecule has 1 fully saturated rings. The van der Waals surface area contributed by atoms with Crippen molar-refractivity contribution in [2.45, 2.75) is 44.7 Å². The molecule has 1 amide bonds. The molecule has 0 atom stereocenters. The van der Waals surface area contributed by atoms with Crippen LogP contribution in [-0.2, 0) is 0 Å². The van der Waals surface area contributed by atoms with E-state index in [1.165, 1.54) is 13.2 Å². The Balaban J connectivity index is 1.89. The number of benzene rings is 1. The first-order valence-corrected chi connectivity index (χ1v) is 7.55. The molecule has 1 aliphatic carbocycles. The molecule has 3 N–H and O–H groups in total. The third kappa shape index (κ3) is 4.11. The quantitative estimate of drug-likeness (QED) is 0.777. The number of phenolic OH excluding ortho intramolecular Hbond substituents is 1. The molecule has 1 aliphatic rings. The lowest BCUT2D eigenvalue weighted by atomic mass is 9.91. The van der Waals surface area contributed by atoms with Gasteiger partial charge < -0.3 is 20.5 Å². The van der Waals surface area contributed by atoms with Crippen molar-refractivity contribution >= 4 is 5.91 Å². The van der Waals surface area contributed by atoms with E-state index in [4.69, 9.17) is 4.74 Å². The van der Waals surface area contributed by atoms with Gasteiger partial charge in [-0.05, 0) is 50.4 Å². The second-order valence-electron chi connectivity index (χ2n) is 5.47. The van der Waals surface area contributed by atoms with Gasteiger partial charge in [0.25, 0.3) is 5.91 Å². The predicted molar refractivity (Wildman–Crippen MR) is 81.8 cm³/mol. The number of methoxy groups -OCH3 is 1. The highest BCUT2D eigenvalue weighted by Crippen LogP contribution is 2.26. The van der Waals surface area contributed by atoms with Crippen molar-refractivity contribution in [1.29, 1.82) is 0 Å². The topological polar surface area (TPSA) is 70.6 Å². The van der Waals surface area contributed by atoms with Crippen LogP contribution in [0, 0.1) is 0 Å². The smallest absolute Gasteiger partial charge is 0.251 e. The number of ether oxygens (including phenoxy) is 1. The van der Waals surface area contributed by atoms with Crippen LogP contribution in [0.5, 0.6) is 11.5 Å².